The van der Waals surface area contributed by atoms with Gasteiger partial charge in [-0.15, -0.1) is 0 Å². The molecule has 19 heavy (non-hydrogen) atoms. The van der Waals surface area contributed by atoms with Crippen LogP contribution in [-0.4, -0.2) is 24.4 Å². The van der Waals surface area contributed by atoms with Crippen molar-refractivity contribution < 1.29 is 9.84 Å². The fourth-order valence-electron chi connectivity index (χ4n) is 3.64. The topological polar surface area (TPSA) is 53.2 Å². The molecule has 1 saturated carbocycles. The van der Waals surface area contributed by atoms with Gasteiger partial charge in [0.25, 0.3) is 0 Å². The van der Waals surface area contributed by atoms with Crippen LogP contribution in [0.1, 0.15) is 30.4 Å². The highest BCUT2D eigenvalue weighted by atomic mass is 16.5. The summed E-state index contributed by atoms with van der Waals surface area (Å²) in [5.41, 5.74) is 0.340. The summed E-state index contributed by atoms with van der Waals surface area (Å²) in [5, 5.41) is 21.0. The van der Waals surface area contributed by atoms with Crippen LogP contribution in [0.25, 0.3) is 0 Å². The third-order valence-corrected chi connectivity index (χ3v) is 4.79. The van der Waals surface area contributed by atoms with Crippen molar-refractivity contribution in [3.63, 3.8) is 0 Å². The van der Waals surface area contributed by atoms with Gasteiger partial charge in [-0.05, 0) is 42.7 Å². The summed E-state index contributed by atoms with van der Waals surface area (Å²) in [6.45, 7) is 0.236. The summed E-state index contributed by atoms with van der Waals surface area (Å²) >= 11 is 0. The van der Waals surface area contributed by atoms with Crippen molar-refractivity contribution in [1.29, 1.82) is 5.26 Å². The Morgan fingerprint density at radius 2 is 2.21 bits per heavy atom. The minimum Gasteiger partial charge on any atom is -0.385 e. The minimum absolute atomic E-state index is 0.193. The number of aliphatic hydroxyl groups is 1. The number of aryl methyl sites for hydroxylation is 1. The lowest BCUT2D eigenvalue weighted by Gasteiger charge is -2.41. The van der Waals surface area contributed by atoms with Crippen LogP contribution in [0.4, 0.5) is 0 Å². The smallest absolute Gasteiger partial charge is 0.114 e. The molecule has 0 radical (unpaired) electrons. The lowest BCUT2D eigenvalue weighted by atomic mass is 9.66. The van der Waals surface area contributed by atoms with Gasteiger partial charge in [-0.25, -0.2) is 0 Å². The Balaban J connectivity index is 2.12. The molecule has 0 aliphatic heterocycles. The number of ether oxygens (including phenoxy) is 1. The number of nitrogens with zero attached hydrogens (tertiary/aromatic N) is 1. The molecule has 1 aromatic carbocycles. The van der Waals surface area contributed by atoms with Crippen molar-refractivity contribution in [2.24, 2.45) is 5.92 Å². The second-order valence-corrected chi connectivity index (χ2v) is 5.81. The summed E-state index contributed by atoms with van der Waals surface area (Å²) in [4.78, 5) is 0. The first-order chi connectivity index (χ1) is 9.18. The van der Waals surface area contributed by atoms with E-state index in [-0.39, 0.29) is 12.5 Å². The average molecular weight is 257 g/mol. The molecule has 0 heterocycles. The zero-order chi connectivity index (χ0) is 13.5. The molecule has 1 fully saturated rings. The predicted molar refractivity (Wildman–Crippen MR) is 71.6 cm³/mol. The number of benzene rings is 1. The van der Waals surface area contributed by atoms with E-state index in [1.165, 1.54) is 5.56 Å². The van der Waals surface area contributed by atoms with Crippen LogP contribution in [0.3, 0.4) is 0 Å². The monoisotopic (exact) mass is 257 g/mol. The molecular formula is C16H19NO2. The molecule has 0 amide bonds. The molecule has 3 rings (SSSR count). The number of hydrogen-bond donors (Lipinski definition) is 1. The van der Waals surface area contributed by atoms with E-state index in [0.29, 0.717) is 6.42 Å². The molecule has 0 aromatic heterocycles. The predicted octanol–water partition coefficient (Wildman–Crippen LogP) is 2.18. The molecule has 0 bridgehead atoms. The van der Waals surface area contributed by atoms with Gasteiger partial charge >= 0.3 is 0 Å². The summed E-state index contributed by atoms with van der Waals surface area (Å²) < 4.78 is 5.26. The van der Waals surface area contributed by atoms with Gasteiger partial charge in [-0.2, -0.15) is 5.26 Å². The lowest BCUT2D eigenvalue weighted by Crippen LogP contribution is -2.54. The molecule has 0 saturated heterocycles. The normalized spacial score (nSPS) is 28.5. The zero-order valence-corrected chi connectivity index (χ0v) is 11.2. The second kappa shape index (κ2) is 4.33. The lowest BCUT2D eigenvalue weighted by molar-refractivity contribution is -0.0892. The number of methoxy groups -OCH3 is 1. The third kappa shape index (κ3) is 1.64. The maximum atomic E-state index is 11.2. The van der Waals surface area contributed by atoms with Gasteiger partial charge in [0.2, 0.25) is 0 Å². The fraction of sp³-hybridized carbons (Fsp3) is 0.562. The Morgan fingerprint density at radius 3 is 2.84 bits per heavy atom. The van der Waals surface area contributed by atoms with Crippen molar-refractivity contribution in [3.05, 3.63) is 35.4 Å². The third-order valence-electron chi connectivity index (χ3n) is 4.79. The molecule has 2 aliphatic rings. The molecule has 1 N–H and O–H groups in total. The standard InChI is InChI=1S/C16H19NO2/c1-19-11-16(18,13-6-7-13)15(10-17)9-8-12-4-2-3-5-14(12)15/h2-5,13,18H,6-9,11H2,1H3. The molecule has 0 spiro atoms. The van der Waals surface area contributed by atoms with E-state index in [2.05, 4.69) is 12.1 Å². The Hall–Kier alpha value is -1.37. The van der Waals surface area contributed by atoms with Gasteiger partial charge in [0.15, 0.2) is 0 Å². The summed E-state index contributed by atoms with van der Waals surface area (Å²) in [6, 6.07) is 10.5. The van der Waals surface area contributed by atoms with Crippen LogP contribution >= 0.6 is 0 Å². The van der Waals surface area contributed by atoms with Crippen LogP contribution in [0.2, 0.25) is 0 Å². The summed E-state index contributed by atoms with van der Waals surface area (Å²) in [7, 11) is 1.60. The Bertz CT molecular complexity index is 532. The molecule has 3 nitrogen and oxygen atoms in total. The maximum Gasteiger partial charge on any atom is 0.114 e. The Kier molecular flexibility index (Phi) is 2.88. The zero-order valence-electron chi connectivity index (χ0n) is 11.2. The highest BCUT2D eigenvalue weighted by molar-refractivity contribution is 5.48. The quantitative estimate of drug-likeness (QED) is 0.899. The van der Waals surface area contributed by atoms with Crippen LogP contribution in [-0.2, 0) is 16.6 Å². The highest BCUT2D eigenvalue weighted by Crippen LogP contribution is 2.55. The van der Waals surface area contributed by atoms with Gasteiger partial charge in [0, 0.05) is 7.11 Å². The molecule has 1 aromatic rings. The van der Waals surface area contributed by atoms with Crippen LogP contribution in [0, 0.1) is 17.2 Å². The molecule has 2 unspecified atom stereocenters. The van der Waals surface area contributed by atoms with E-state index >= 15 is 0 Å². The van der Waals surface area contributed by atoms with Crippen molar-refractivity contribution in [1.82, 2.24) is 0 Å². The van der Waals surface area contributed by atoms with E-state index in [9.17, 15) is 10.4 Å². The van der Waals surface area contributed by atoms with Gasteiger partial charge < -0.3 is 9.84 Å². The van der Waals surface area contributed by atoms with E-state index < -0.39 is 11.0 Å². The molecule has 3 heteroatoms. The summed E-state index contributed by atoms with van der Waals surface area (Å²) in [5.74, 6) is 0.193. The van der Waals surface area contributed by atoms with Crippen molar-refractivity contribution in [3.8, 4) is 6.07 Å². The minimum atomic E-state index is -1.05. The van der Waals surface area contributed by atoms with Crippen molar-refractivity contribution in [2.75, 3.05) is 13.7 Å². The van der Waals surface area contributed by atoms with E-state index in [1.54, 1.807) is 7.11 Å². The Morgan fingerprint density at radius 1 is 1.47 bits per heavy atom. The highest BCUT2D eigenvalue weighted by Gasteiger charge is 2.61. The number of rotatable bonds is 4. The van der Waals surface area contributed by atoms with Gasteiger partial charge in [-0.3, -0.25) is 0 Å². The van der Waals surface area contributed by atoms with Gasteiger partial charge in [0.1, 0.15) is 11.0 Å². The number of nitriles is 1. The second-order valence-electron chi connectivity index (χ2n) is 5.81. The summed E-state index contributed by atoms with van der Waals surface area (Å²) in [6.07, 6.45) is 3.54. The molecule has 2 aliphatic carbocycles. The molecular weight excluding hydrogens is 238 g/mol. The van der Waals surface area contributed by atoms with Crippen LogP contribution in [0.15, 0.2) is 24.3 Å². The number of fused-ring (bicyclic) bond motifs is 1. The van der Waals surface area contributed by atoms with Crippen molar-refractivity contribution >= 4 is 0 Å². The first-order valence-corrected chi connectivity index (χ1v) is 6.89. The van der Waals surface area contributed by atoms with Gasteiger partial charge in [0.05, 0.1) is 12.7 Å². The first kappa shape index (κ1) is 12.7. The number of hydrogen-bond acceptors (Lipinski definition) is 3. The maximum absolute atomic E-state index is 11.2. The SMILES string of the molecule is COCC(O)(C1CC1)C1(C#N)CCc2ccccc21. The van der Waals surface area contributed by atoms with E-state index in [1.807, 2.05) is 18.2 Å². The largest absolute Gasteiger partial charge is 0.385 e. The first-order valence-electron chi connectivity index (χ1n) is 6.89. The molecule has 100 valence electrons. The molecule has 2 atom stereocenters. The van der Waals surface area contributed by atoms with E-state index in [4.69, 9.17) is 4.74 Å². The van der Waals surface area contributed by atoms with Crippen LogP contribution < -0.4 is 0 Å². The fourth-order valence-corrected chi connectivity index (χ4v) is 3.64. The van der Waals surface area contributed by atoms with Crippen LogP contribution in [0.5, 0.6) is 0 Å². The Labute approximate surface area is 113 Å². The van der Waals surface area contributed by atoms with E-state index in [0.717, 1.165) is 24.8 Å². The van der Waals surface area contributed by atoms with Gasteiger partial charge in [-0.1, -0.05) is 24.3 Å². The van der Waals surface area contributed by atoms with Crippen molar-refractivity contribution in [2.45, 2.75) is 36.7 Å². The average Bonchev–Trinajstić information content (AvgIpc) is 3.21.